The highest BCUT2D eigenvalue weighted by atomic mass is 19.1. The van der Waals surface area contributed by atoms with E-state index in [1.54, 1.807) is 17.2 Å². The molecule has 2 aromatic rings. The molecule has 0 bridgehead atoms. The highest BCUT2D eigenvalue weighted by Gasteiger charge is 2.40. The van der Waals surface area contributed by atoms with E-state index in [9.17, 15) is 9.18 Å². The van der Waals surface area contributed by atoms with Crippen LogP contribution in [0.4, 0.5) is 4.39 Å². The molecule has 25 heavy (non-hydrogen) atoms. The van der Waals surface area contributed by atoms with Gasteiger partial charge in [0, 0.05) is 38.8 Å². The number of likely N-dealkylation sites (tertiary alicyclic amines) is 1. The van der Waals surface area contributed by atoms with Gasteiger partial charge in [-0.1, -0.05) is 18.2 Å². The van der Waals surface area contributed by atoms with E-state index < -0.39 is 0 Å². The molecule has 0 saturated carbocycles. The van der Waals surface area contributed by atoms with Crippen LogP contribution in [0, 0.1) is 5.82 Å². The van der Waals surface area contributed by atoms with Gasteiger partial charge in [0.15, 0.2) is 0 Å². The first-order valence-corrected chi connectivity index (χ1v) is 8.70. The zero-order chi connectivity index (χ0) is 18.0. The Morgan fingerprint density at radius 1 is 1.32 bits per heavy atom. The molecule has 1 N–H and O–H groups in total. The van der Waals surface area contributed by atoms with Gasteiger partial charge in [-0.25, -0.2) is 4.39 Å². The van der Waals surface area contributed by atoms with Crippen molar-refractivity contribution in [3.8, 4) is 0 Å². The van der Waals surface area contributed by atoms with Crippen molar-refractivity contribution in [2.24, 2.45) is 7.05 Å². The first kappa shape index (κ1) is 17.6. The predicted octanol–water partition coefficient (Wildman–Crippen LogP) is 2.44. The average Bonchev–Trinajstić information content (AvgIpc) is 3.10. The molecule has 2 heterocycles. The van der Waals surface area contributed by atoms with Crippen molar-refractivity contribution in [1.29, 1.82) is 0 Å². The highest BCUT2D eigenvalue weighted by molar-refractivity contribution is 5.80. The van der Waals surface area contributed by atoms with E-state index in [1.807, 2.05) is 37.0 Å². The van der Waals surface area contributed by atoms with Gasteiger partial charge >= 0.3 is 0 Å². The second-order valence-electron chi connectivity index (χ2n) is 6.84. The molecule has 3 rings (SSSR count). The minimum Gasteiger partial charge on any atom is -0.336 e. The Kier molecular flexibility index (Phi) is 5.18. The molecule has 1 amide bonds. The Balaban J connectivity index is 1.65. The van der Waals surface area contributed by atoms with E-state index in [2.05, 4.69) is 17.3 Å². The first-order valence-electron chi connectivity index (χ1n) is 8.70. The van der Waals surface area contributed by atoms with Crippen LogP contribution in [0.3, 0.4) is 0 Å². The lowest BCUT2D eigenvalue weighted by atomic mass is 10.0. The van der Waals surface area contributed by atoms with Crippen molar-refractivity contribution in [3.63, 3.8) is 0 Å². The van der Waals surface area contributed by atoms with Crippen LogP contribution in [-0.4, -0.2) is 39.7 Å². The van der Waals surface area contributed by atoms with Crippen LogP contribution in [0.15, 0.2) is 36.5 Å². The number of nitrogens with zero attached hydrogens (tertiary/aromatic N) is 3. The summed E-state index contributed by atoms with van der Waals surface area (Å²) >= 11 is 0. The number of aryl methyl sites for hydroxylation is 2. The van der Waals surface area contributed by atoms with E-state index in [1.165, 1.54) is 6.07 Å². The summed E-state index contributed by atoms with van der Waals surface area (Å²) in [5.41, 5.74) is 1.76. The number of likely N-dealkylation sites (N-methyl/N-ethyl adjacent to an activating group) is 1. The normalized spacial score (nSPS) is 21.8. The van der Waals surface area contributed by atoms with E-state index in [-0.39, 0.29) is 29.8 Å². The Labute approximate surface area is 147 Å². The van der Waals surface area contributed by atoms with Gasteiger partial charge in [-0.2, -0.15) is 5.10 Å². The molecule has 5 nitrogen and oxygen atoms in total. The van der Waals surface area contributed by atoms with E-state index in [0.717, 1.165) is 17.7 Å². The molecule has 1 aliphatic rings. The molecule has 1 fully saturated rings. The van der Waals surface area contributed by atoms with Crippen molar-refractivity contribution in [2.45, 2.75) is 44.3 Å². The van der Waals surface area contributed by atoms with Gasteiger partial charge in [-0.15, -0.1) is 0 Å². The summed E-state index contributed by atoms with van der Waals surface area (Å²) in [6.45, 7) is 2.09. The summed E-state index contributed by atoms with van der Waals surface area (Å²) in [5.74, 6) is -0.0248. The van der Waals surface area contributed by atoms with Crippen LogP contribution in [0.2, 0.25) is 0 Å². The first-order chi connectivity index (χ1) is 12.0. The third-order valence-electron chi connectivity index (χ3n) is 5.05. The Bertz CT molecular complexity index is 745. The summed E-state index contributed by atoms with van der Waals surface area (Å²) < 4.78 is 15.6. The number of hydrogen-bond donors (Lipinski definition) is 1. The number of carbonyl (C=O) groups is 1. The molecule has 1 saturated heterocycles. The maximum Gasteiger partial charge on any atom is 0.224 e. The molecule has 1 unspecified atom stereocenters. The number of hydrogen-bond acceptors (Lipinski definition) is 3. The van der Waals surface area contributed by atoms with Gasteiger partial charge in [0.25, 0.3) is 0 Å². The SMILES string of the molecule is CC(CCc1ccccc1F)N[C@@H]1CC(=O)N(C)[C@H]1c1ccnn1C. The number of carbonyl (C=O) groups excluding carboxylic acids is 1. The molecule has 1 aromatic carbocycles. The number of amides is 1. The lowest BCUT2D eigenvalue weighted by molar-refractivity contribution is -0.127. The number of nitrogens with one attached hydrogen (secondary N) is 1. The smallest absolute Gasteiger partial charge is 0.224 e. The minimum absolute atomic E-state index is 0.0310. The lowest BCUT2D eigenvalue weighted by Gasteiger charge is -2.28. The van der Waals surface area contributed by atoms with Gasteiger partial charge in [0.2, 0.25) is 5.91 Å². The van der Waals surface area contributed by atoms with Crippen molar-refractivity contribution in [3.05, 3.63) is 53.6 Å². The maximum atomic E-state index is 13.8. The average molecular weight is 344 g/mol. The third-order valence-corrected chi connectivity index (χ3v) is 5.05. The number of rotatable bonds is 6. The molecule has 6 heteroatoms. The van der Waals surface area contributed by atoms with Gasteiger partial charge in [-0.3, -0.25) is 9.48 Å². The molecule has 1 aromatic heterocycles. The van der Waals surface area contributed by atoms with E-state index >= 15 is 0 Å². The second-order valence-corrected chi connectivity index (χ2v) is 6.84. The molecule has 3 atom stereocenters. The summed E-state index contributed by atoms with van der Waals surface area (Å²) in [7, 11) is 3.73. The minimum atomic E-state index is -0.154. The van der Waals surface area contributed by atoms with Crippen molar-refractivity contribution in [1.82, 2.24) is 20.0 Å². The predicted molar refractivity (Wildman–Crippen MR) is 94.4 cm³/mol. The molecule has 0 radical (unpaired) electrons. The zero-order valence-corrected chi connectivity index (χ0v) is 14.9. The molecular formula is C19H25FN4O. The Hall–Kier alpha value is -2.21. The standard InChI is InChI=1S/C19H25FN4O/c1-13(8-9-14-6-4-5-7-15(14)20)22-16-12-18(25)23(2)19(16)17-10-11-21-24(17)3/h4-7,10-11,13,16,19,22H,8-9,12H2,1-3H3/t13?,16-,19-/m1/s1. The Morgan fingerprint density at radius 2 is 2.08 bits per heavy atom. The van der Waals surface area contributed by atoms with Crippen LogP contribution >= 0.6 is 0 Å². The fraction of sp³-hybridized carbons (Fsp3) is 0.474. The molecule has 134 valence electrons. The second kappa shape index (κ2) is 7.35. The van der Waals surface area contributed by atoms with Crippen LogP contribution in [0.5, 0.6) is 0 Å². The summed E-state index contributed by atoms with van der Waals surface area (Å²) in [6, 6.07) is 9.03. The fourth-order valence-electron chi connectivity index (χ4n) is 3.62. The van der Waals surface area contributed by atoms with Crippen molar-refractivity contribution < 1.29 is 9.18 Å². The third kappa shape index (κ3) is 3.74. The summed E-state index contributed by atoms with van der Waals surface area (Å²) in [6.07, 6.45) is 3.71. The Morgan fingerprint density at radius 3 is 2.76 bits per heavy atom. The monoisotopic (exact) mass is 344 g/mol. The van der Waals surface area contributed by atoms with E-state index in [0.29, 0.717) is 12.8 Å². The maximum absolute atomic E-state index is 13.8. The quantitative estimate of drug-likeness (QED) is 0.876. The molecule has 0 spiro atoms. The van der Waals surface area contributed by atoms with Gasteiger partial charge < -0.3 is 10.2 Å². The highest BCUT2D eigenvalue weighted by Crippen LogP contribution is 2.32. The topological polar surface area (TPSA) is 50.2 Å². The van der Waals surface area contributed by atoms with Gasteiger partial charge in [0.05, 0.1) is 11.7 Å². The number of benzene rings is 1. The van der Waals surface area contributed by atoms with E-state index in [4.69, 9.17) is 0 Å². The number of aromatic nitrogens is 2. The number of halogens is 1. The fourth-order valence-corrected chi connectivity index (χ4v) is 3.62. The summed E-state index contributed by atoms with van der Waals surface area (Å²) in [5, 5.41) is 7.80. The van der Waals surface area contributed by atoms with Crippen LogP contribution in [0.1, 0.15) is 37.1 Å². The van der Waals surface area contributed by atoms with Crippen molar-refractivity contribution in [2.75, 3.05) is 7.05 Å². The summed E-state index contributed by atoms with van der Waals surface area (Å²) in [4.78, 5) is 14.0. The lowest BCUT2D eigenvalue weighted by Crippen LogP contribution is -2.41. The van der Waals surface area contributed by atoms with Gasteiger partial charge in [-0.05, 0) is 37.5 Å². The van der Waals surface area contributed by atoms with Crippen LogP contribution < -0.4 is 5.32 Å². The van der Waals surface area contributed by atoms with Crippen LogP contribution in [0.25, 0.3) is 0 Å². The molecular weight excluding hydrogens is 319 g/mol. The largest absolute Gasteiger partial charge is 0.336 e. The molecule has 1 aliphatic heterocycles. The van der Waals surface area contributed by atoms with Crippen LogP contribution in [-0.2, 0) is 18.3 Å². The zero-order valence-electron chi connectivity index (χ0n) is 14.9. The van der Waals surface area contributed by atoms with Gasteiger partial charge in [0.1, 0.15) is 5.82 Å². The molecule has 0 aliphatic carbocycles. The van der Waals surface area contributed by atoms with Crippen molar-refractivity contribution >= 4 is 5.91 Å².